The summed E-state index contributed by atoms with van der Waals surface area (Å²) in [4.78, 5) is 16.4. The molecule has 1 N–H and O–H groups in total. The number of aliphatic carboxylic acids is 1. The second kappa shape index (κ2) is 11.7. The van der Waals surface area contributed by atoms with E-state index in [1.165, 1.54) is 35.3 Å². The Hall–Kier alpha value is -3.12. The first kappa shape index (κ1) is 26.0. The van der Waals surface area contributed by atoms with E-state index in [0.29, 0.717) is 13.0 Å². The van der Waals surface area contributed by atoms with Crippen molar-refractivity contribution in [1.29, 1.82) is 0 Å². The van der Waals surface area contributed by atoms with Crippen LogP contribution in [0.4, 0.5) is 0 Å². The van der Waals surface area contributed by atoms with Crippen molar-refractivity contribution in [3.63, 3.8) is 0 Å². The first-order chi connectivity index (χ1) is 17.4. The second-order valence-electron chi connectivity index (χ2n) is 10.0. The van der Waals surface area contributed by atoms with Gasteiger partial charge in [-0.05, 0) is 59.4 Å². The molecule has 1 aromatic carbocycles. The van der Waals surface area contributed by atoms with Gasteiger partial charge in [-0.3, -0.25) is 9.78 Å². The van der Waals surface area contributed by atoms with E-state index in [4.69, 9.17) is 14.6 Å². The van der Waals surface area contributed by atoms with Crippen molar-refractivity contribution in [1.82, 2.24) is 4.98 Å². The SMILES string of the molecule is C1CC1.COc1cncc(-c2scc(COc3cccc(CCC(=O)O)c3)c2C2=CCCC2(C)C)c1. The third kappa shape index (κ3) is 6.76. The second-order valence-corrected chi connectivity index (χ2v) is 10.9. The molecule has 2 heterocycles. The standard InChI is InChI=1S/C27H29NO4S.C3H6/c1-27(2)11-5-8-23(27)25-20(17-33-26(25)19-13-22(31-3)15-28-14-19)16-32-21-7-4-6-18(12-21)9-10-24(29)30;1-2-3-1/h4,6-8,12-15,17H,5,9-11,16H2,1-3H3,(H,29,30);1-3H2. The summed E-state index contributed by atoms with van der Waals surface area (Å²) in [6.45, 7) is 5.04. The van der Waals surface area contributed by atoms with Crippen LogP contribution < -0.4 is 9.47 Å². The molecule has 0 aliphatic heterocycles. The third-order valence-corrected chi connectivity index (χ3v) is 7.55. The molecule has 5 nitrogen and oxygen atoms in total. The smallest absolute Gasteiger partial charge is 0.303 e. The summed E-state index contributed by atoms with van der Waals surface area (Å²) in [6.07, 6.45) is 13.3. The molecule has 5 rings (SSSR count). The van der Waals surface area contributed by atoms with Crippen molar-refractivity contribution in [2.24, 2.45) is 5.41 Å². The summed E-state index contributed by atoms with van der Waals surface area (Å²) in [7, 11) is 1.66. The van der Waals surface area contributed by atoms with Crippen LogP contribution in [0.25, 0.3) is 16.0 Å². The monoisotopic (exact) mass is 505 g/mol. The Balaban J connectivity index is 0.000000943. The maximum Gasteiger partial charge on any atom is 0.303 e. The van der Waals surface area contributed by atoms with E-state index in [-0.39, 0.29) is 11.8 Å². The van der Waals surface area contributed by atoms with Gasteiger partial charge in [-0.2, -0.15) is 0 Å². The molecule has 2 aliphatic carbocycles. The first-order valence-corrected chi connectivity index (χ1v) is 13.5. The van der Waals surface area contributed by atoms with Crippen molar-refractivity contribution in [3.8, 4) is 21.9 Å². The van der Waals surface area contributed by atoms with Crippen LogP contribution in [-0.2, 0) is 17.8 Å². The van der Waals surface area contributed by atoms with Gasteiger partial charge in [0.25, 0.3) is 0 Å². The zero-order valence-electron chi connectivity index (χ0n) is 21.4. The van der Waals surface area contributed by atoms with Crippen molar-refractivity contribution in [2.75, 3.05) is 7.11 Å². The Morgan fingerprint density at radius 1 is 1.14 bits per heavy atom. The number of ether oxygens (including phenoxy) is 2. The van der Waals surface area contributed by atoms with Crippen LogP contribution in [0.1, 0.15) is 69.1 Å². The first-order valence-electron chi connectivity index (χ1n) is 12.6. The van der Waals surface area contributed by atoms with Crippen LogP contribution in [0.2, 0.25) is 0 Å². The maximum absolute atomic E-state index is 10.9. The molecular formula is C30H35NO4S. The highest BCUT2D eigenvalue weighted by atomic mass is 32.1. The average molecular weight is 506 g/mol. The molecule has 0 radical (unpaired) electrons. The maximum atomic E-state index is 10.9. The van der Waals surface area contributed by atoms with Gasteiger partial charge < -0.3 is 14.6 Å². The Morgan fingerprint density at radius 3 is 2.61 bits per heavy atom. The molecule has 190 valence electrons. The van der Waals surface area contributed by atoms with E-state index in [0.717, 1.165) is 41.0 Å². The minimum absolute atomic E-state index is 0.0909. The number of carboxylic acids is 1. The van der Waals surface area contributed by atoms with Crippen LogP contribution in [0, 0.1) is 5.41 Å². The molecule has 0 saturated heterocycles. The molecule has 0 atom stereocenters. The number of carbonyl (C=O) groups is 1. The third-order valence-electron chi connectivity index (χ3n) is 6.47. The Bertz CT molecular complexity index is 1220. The zero-order chi connectivity index (χ0) is 25.5. The van der Waals surface area contributed by atoms with E-state index in [9.17, 15) is 4.79 Å². The predicted molar refractivity (Wildman–Crippen MR) is 146 cm³/mol. The number of hydrogen-bond donors (Lipinski definition) is 1. The molecule has 0 unspecified atom stereocenters. The molecule has 3 aromatic rings. The Kier molecular flexibility index (Phi) is 8.47. The van der Waals surface area contributed by atoms with E-state index in [2.05, 4.69) is 30.3 Å². The molecule has 2 aliphatic rings. The number of thiophene rings is 1. The number of hydrogen-bond acceptors (Lipinski definition) is 5. The molecule has 0 spiro atoms. The molecule has 36 heavy (non-hydrogen) atoms. The Morgan fingerprint density at radius 2 is 1.94 bits per heavy atom. The topological polar surface area (TPSA) is 68.7 Å². The summed E-state index contributed by atoms with van der Waals surface area (Å²) in [5.41, 5.74) is 5.83. The highest BCUT2D eigenvalue weighted by Gasteiger charge is 2.32. The minimum Gasteiger partial charge on any atom is -0.495 e. The lowest BCUT2D eigenvalue weighted by Crippen LogP contribution is -2.11. The van der Waals surface area contributed by atoms with Crippen molar-refractivity contribution in [3.05, 3.63) is 70.9 Å². The van der Waals surface area contributed by atoms with Crippen LogP contribution in [0.5, 0.6) is 11.5 Å². The number of carboxylic acid groups (broad SMARTS) is 1. The highest BCUT2D eigenvalue weighted by molar-refractivity contribution is 7.14. The zero-order valence-corrected chi connectivity index (χ0v) is 22.2. The highest BCUT2D eigenvalue weighted by Crippen LogP contribution is 2.50. The quantitative estimate of drug-likeness (QED) is 0.321. The van der Waals surface area contributed by atoms with Crippen LogP contribution in [0.15, 0.2) is 54.2 Å². The van der Waals surface area contributed by atoms with Gasteiger partial charge in [0.05, 0.1) is 13.3 Å². The number of aromatic nitrogens is 1. The van der Waals surface area contributed by atoms with Gasteiger partial charge in [0, 0.05) is 34.2 Å². The molecule has 0 bridgehead atoms. The fraction of sp³-hybridized carbons (Fsp3) is 0.400. The predicted octanol–water partition coefficient (Wildman–Crippen LogP) is 7.79. The number of allylic oxidation sites excluding steroid dienone is 2. The van der Waals surface area contributed by atoms with Gasteiger partial charge in [0.15, 0.2) is 0 Å². The minimum atomic E-state index is -0.795. The van der Waals surface area contributed by atoms with E-state index >= 15 is 0 Å². The van der Waals surface area contributed by atoms with Gasteiger partial charge in [0.1, 0.15) is 18.1 Å². The lowest BCUT2D eigenvalue weighted by Gasteiger charge is -2.24. The Labute approximate surface area is 217 Å². The number of methoxy groups -OCH3 is 1. The fourth-order valence-corrected chi connectivity index (χ4v) is 5.35. The van der Waals surface area contributed by atoms with Crippen LogP contribution in [0.3, 0.4) is 0 Å². The summed E-state index contributed by atoms with van der Waals surface area (Å²) in [6, 6.07) is 9.73. The van der Waals surface area contributed by atoms with Gasteiger partial charge in [-0.1, -0.05) is 51.3 Å². The van der Waals surface area contributed by atoms with Crippen LogP contribution in [-0.4, -0.2) is 23.2 Å². The van der Waals surface area contributed by atoms with E-state index in [1.54, 1.807) is 24.6 Å². The van der Waals surface area contributed by atoms with Crippen molar-refractivity contribution >= 4 is 22.9 Å². The van der Waals surface area contributed by atoms with Gasteiger partial charge in [0.2, 0.25) is 0 Å². The molecule has 1 saturated carbocycles. The summed E-state index contributed by atoms with van der Waals surface area (Å²) in [5.74, 6) is 0.693. The number of benzene rings is 1. The van der Waals surface area contributed by atoms with E-state index in [1.807, 2.05) is 36.5 Å². The largest absolute Gasteiger partial charge is 0.495 e. The van der Waals surface area contributed by atoms with Crippen molar-refractivity contribution < 1.29 is 19.4 Å². The lowest BCUT2D eigenvalue weighted by atomic mass is 9.80. The van der Waals surface area contributed by atoms with Gasteiger partial charge in [-0.15, -0.1) is 11.3 Å². The van der Waals surface area contributed by atoms with Crippen LogP contribution >= 0.6 is 11.3 Å². The normalized spacial score (nSPS) is 15.5. The molecule has 1 fully saturated rings. The molecule has 0 amide bonds. The average Bonchev–Trinajstić information content (AvgIpc) is 3.64. The fourth-order valence-electron chi connectivity index (χ4n) is 4.29. The van der Waals surface area contributed by atoms with Crippen molar-refractivity contribution in [2.45, 2.75) is 65.4 Å². The van der Waals surface area contributed by atoms with Gasteiger partial charge in [-0.25, -0.2) is 0 Å². The number of pyridine rings is 1. The summed E-state index contributed by atoms with van der Waals surface area (Å²) < 4.78 is 11.6. The summed E-state index contributed by atoms with van der Waals surface area (Å²) in [5, 5.41) is 11.1. The van der Waals surface area contributed by atoms with Gasteiger partial charge >= 0.3 is 5.97 Å². The molecule has 2 aromatic heterocycles. The number of nitrogens with zero attached hydrogens (tertiary/aromatic N) is 1. The lowest BCUT2D eigenvalue weighted by molar-refractivity contribution is -0.136. The van der Waals surface area contributed by atoms with E-state index < -0.39 is 5.97 Å². The molecular weight excluding hydrogens is 470 g/mol. The number of rotatable bonds is 9. The molecule has 6 heteroatoms. The number of aryl methyl sites for hydroxylation is 1. The summed E-state index contributed by atoms with van der Waals surface area (Å²) >= 11 is 1.70.